The van der Waals surface area contributed by atoms with Crippen molar-refractivity contribution >= 4 is 21.6 Å². The van der Waals surface area contributed by atoms with E-state index in [1.54, 1.807) is 6.92 Å². The van der Waals surface area contributed by atoms with Gasteiger partial charge in [-0.05, 0) is 37.5 Å². The summed E-state index contributed by atoms with van der Waals surface area (Å²) in [5, 5.41) is 2.28. The highest BCUT2D eigenvalue weighted by molar-refractivity contribution is 7.89. The SMILES string of the molecule is Cc1ccc(C(=O)Nc2cc(F)c(F)c(F)c2)cc1S(=O)(=O)N1CCCCCCCC1. The van der Waals surface area contributed by atoms with E-state index in [1.807, 2.05) is 0 Å². The van der Waals surface area contributed by atoms with Crippen LogP contribution in [0, 0.1) is 24.4 Å². The highest BCUT2D eigenvalue weighted by Crippen LogP contribution is 2.25. The molecule has 0 aliphatic carbocycles. The highest BCUT2D eigenvalue weighted by Gasteiger charge is 2.27. The number of hydrogen-bond donors (Lipinski definition) is 1. The molecule has 1 N–H and O–H groups in total. The van der Waals surface area contributed by atoms with Crippen LogP contribution in [0.15, 0.2) is 35.2 Å². The van der Waals surface area contributed by atoms with Gasteiger partial charge in [-0.3, -0.25) is 4.79 Å². The van der Waals surface area contributed by atoms with Crippen molar-refractivity contribution < 1.29 is 26.4 Å². The van der Waals surface area contributed by atoms with E-state index in [2.05, 4.69) is 5.32 Å². The van der Waals surface area contributed by atoms with Crippen molar-refractivity contribution in [2.24, 2.45) is 0 Å². The fourth-order valence-corrected chi connectivity index (χ4v) is 5.39. The van der Waals surface area contributed by atoms with E-state index in [1.165, 1.54) is 22.5 Å². The van der Waals surface area contributed by atoms with E-state index in [-0.39, 0.29) is 16.1 Å². The molecule has 1 aliphatic rings. The second-order valence-electron chi connectivity index (χ2n) is 7.71. The van der Waals surface area contributed by atoms with Gasteiger partial charge in [-0.15, -0.1) is 0 Å². The van der Waals surface area contributed by atoms with Gasteiger partial charge in [0.1, 0.15) is 0 Å². The van der Waals surface area contributed by atoms with Crippen molar-refractivity contribution in [3.05, 3.63) is 58.9 Å². The molecule has 1 fully saturated rings. The lowest BCUT2D eigenvalue weighted by atomic mass is 10.1. The first kappa shape index (κ1) is 23.3. The number of halogens is 3. The Morgan fingerprint density at radius 1 is 0.903 bits per heavy atom. The maximum atomic E-state index is 13.4. The van der Waals surface area contributed by atoms with Gasteiger partial charge in [0.2, 0.25) is 10.0 Å². The van der Waals surface area contributed by atoms with E-state index < -0.39 is 33.4 Å². The molecule has 0 spiro atoms. The summed E-state index contributed by atoms with van der Waals surface area (Å²) < 4.78 is 68.0. The molecule has 168 valence electrons. The Morgan fingerprint density at radius 2 is 1.45 bits per heavy atom. The van der Waals surface area contributed by atoms with Crippen LogP contribution >= 0.6 is 0 Å². The van der Waals surface area contributed by atoms with Gasteiger partial charge in [0.15, 0.2) is 17.5 Å². The topological polar surface area (TPSA) is 66.5 Å². The number of aryl methyl sites for hydroxylation is 1. The lowest BCUT2D eigenvalue weighted by Gasteiger charge is -2.23. The number of rotatable bonds is 4. The molecule has 0 atom stereocenters. The van der Waals surface area contributed by atoms with Crippen LogP contribution in [0.2, 0.25) is 0 Å². The molecule has 0 bridgehead atoms. The van der Waals surface area contributed by atoms with Gasteiger partial charge in [0.05, 0.1) is 4.90 Å². The number of carbonyl (C=O) groups is 1. The Kier molecular flexibility index (Phi) is 7.38. The third-order valence-electron chi connectivity index (χ3n) is 5.37. The third-order valence-corrected chi connectivity index (χ3v) is 7.42. The van der Waals surface area contributed by atoms with Gasteiger partial charge in [-0.1, -0.05) is 31.7 Å². The number of sulfonamides is 1. The third kappa shape index (κ3) is 5.46. The van der Waals surface area contributed by atoms with Crippen LogP contribution in [0.1, 0.15) is 54.4 Å². The second-order valence-corrected chi connectivity index (χ2v) is 9.62. The Balaban J connectivity index is 1.87. The molecule has 0 radical (unpaired) electrons. The number of anilines is 1. The van der Waals surface area contributed by atoms with E-state index in [0.29, 0.717) is 30.8 Å². The molecule has 1 amide bonds. The minimum atomic E-state index is -3.81. The van der Waals surface area contributed by atoms with Crippen LogP contribution in [0.25, 0.3) is 0 Å². The molecule has 1 aliphatic heterocycles. The molecule has 0 saturated carbocycles. The molecule has 1 saturated heterocycles. The number of benzene rings is 2. The van der Waals surface area contributed by atoms with E-state index in [0.717, 1.165) is 38.5 Å². The van der Waals surface area contributed by atoms with Crippen LogP contribution in [0.4, 0.5) is 18.9 Å². The highest BCUT2D eigenvalue weighted by atomic mass is 32.2. The summed E-state index contributed by atoms with van der Waals surface area (Å²) in [5.41, 5.74) is 0.236. The van der Waals surface area contributed by atoms with E-state index in [4.69, 9.17) is 0 Å². The summed E-state index contributed by atoms with van der Waals surface area (Å²) in [4.78, 5) is 12.6. The standard InChI is InChI=1S/C22H25F3N2O3S/c1-15-8-9-16(22(28)26-17-13-18(23)21(25)19(24)14-17)12-20(15)31(29,30)27-10-6-4-2-3-5-7-11-27/h8-9,12-14H,2-7,10-11H2,1H3,(H,26,28). The van der Waals surface area contributed by atoms with Crippen LogP contribution in [0.3, 0.4) is 0 Å². The fraction of sp³-hybridized carbons (Fsp3) is 0.409. The summed E-state index contributed by atoms with van der Waals surface area (Å²) in [6.45, 7) is 2.49. The van der Waals surface area contributed by atoms with Gasteiger partial charge in [0.25, 0.3) is 5.91 Å². The van der Waals surface area contributed by atoms with E-state index >= 15 is 0 Å². The Labute approximate surface area is 180 Å². The predicted molar refractivity (Wildman–Crippen MR) is 112 cm³/mol. The van der Waals surface area contributed by atoms with Gasteiger partial charge in [-0.25, -0.2) is 21.6 Å². The molecule has 0 aromatic heterocycles. The second kappa shape index (κ2) is 9.82. The number of hydrogen-bond acceptors (Lipinski definition) is 3. The zero-order chi connectivity index (χ0) is 22.6. The van der Waals surface area contributed by atoms with Crippen LogP contribution in [0.5, 0.6) is 0 Å². The smallest absolute Gasteiger partial charge is 0.255 e. The Bertz CT molecular complexity index is 1040. The zero-order valence-corrected chi connectivity index (χ0v) is 18.1. The van der Waals surface area contributed by atoms with E-state index in [9.17, 15) is 26.4 Å². The molecule has 2 aromatic rings. The van der Waals surface area contributed by atoms with Crippen molar-refractivity contribution in [1.82, 2.24) is 4.31 Å². The molecule has 3 rings (SSSR count). The minimum Gasteiger partial charge on any atom is -0.322 e. The maximum Gasteiger partial charge on any atom is 0.255 e. The lowest BCUT2D eigenvalue weighted by Crippen LogP contribution is -2.33. The molecule has 5 nitrogen and oxygen atoms in total. The molecular formula is C22H25F3N2O3S. The van der Waals surface area contributed by atoms with Crippen molar-refractivity contribution in [2.75, 3.05) is 18.4 Å². The average molecular weight is 455 g/mol. The monoisotopic (exact) mass is 454 g/mol. The average Bonchev–Trinajstić information content (AvgIpc) is 2.86. The summed E-state index contributed by atoms with van der Waals surface area (Å²) in [5.74, 6) is -5.26. The van der Waals surface area contributed by atoms with Crippen LogP contribution in [-0.2, 0) is 10.0 Å². The van der Waals surface area contributed by atoms with Gasteiger partial charge < -0.3 is 5.32 Å². The first-order chi connectivity index (χ1) is 14.7. The summed E-state index contributed by atoms with van der Waals surface area (Å²) in [7, 11) is -3.81. The molecule has 0 unspecified atom stereocenters. The summed E-state index contributed by atoms with van der Waals surface area (Å²) >= 11 is 0. The first-order valence-corrected chi connectivity index (χ1v) is 11.7. The molecule has 2 aromatic carbocycles. The molecule has 9 heteroatoms. The predicted octanol–water partition coefficient (Wildman–Crippen LogP) is 5.01. The molecular weight excluding hydrogens is 429 g/mol. The Morgan fingerprint density at radius 3 is 2.03 bits per heavy atom. The zero-order valence-electron chi connectivity index (χ0n) is 17.3. The molecule has 31 heavy (non-hydrogen) atoms. The first-order valence-electron chi connectivity index (χ1n) is 10.3. The normalized spacial score (nSPS) is 16.3. The number of carbonyl (C=O) groups excluding carboxylic acids is 1. The molecule has 1 heterocycles. The summed E-state index contributed by atoms with van der Waals surface area (Å²) in [6, 6.07) is 5.53. The van der Waals surface area contributed by atoms with Crippen molar-refractivity contribution in [3.63, 3.8) is 0 Å². The minimum absolute atomic E-state index is 0.0126. The van der Waals surface area contributed by atoms with Crippen molar-refractivity contribution in [1.29, 1.82) is 0 Å². The largest absolute Gasteiger partial charge is 0.322 e. The van der Waals surface area contributed by atoms with Crippen molar-refractivity contribution in [2.45, 2.75) is 50.3 Å². The van der Waals surface area contributed by atoms with Gasteiger partial charge >= 0.3 is 0 Å². The van der Waals surface area contributed by atoms with Crippen LogP contribution in [-0.4, -0.2) is 31.7 Å². The lowest BCUT2D eigenvalue weighted by molar-refractivity contribution is 0.102. The fourth-order valence-electron chi connectivity index (χ4n) is 3.62. The number of nitrogens with zero attached hydrogens (tertiary/aromatic N) is 1. The maximum absolute atomic E-state index is 13.4. The Hall–Kier alpha value is -2.39. The van der Waals surface area contributed by atoms with Crippen molar-refractivity contribution in [3.8, 4) is 0 Å². The number of amides is 1. The van der Waals surface area contributed by atoms with Crippen LogP contribution < -0.4 is 5.32 Å². The summed E-state index contributed by atoms with van der Waals surface area (Å²) in [6.07, 6.45) is 5.68. The van der Waals surface area contributed by atoms with Gasteiger partial charge in [0, 0.05) is 36.5 Å². The number of nitrogens with one attached hydrogen (secondary N) is 1. The quantitative estimate of drug-likeness (QED) is 0.661. The van der Waals surface area contributed by atoms with Gasteiger partial charge in [-0.2, -0.15) is 4.31 Å².